The molecule has 1 heterocycles. The fourth-order valence-electron chi connectivity index (χ4n) is 2.80. The van der Waals surface area contributed by atoms with Crippen LogP contribution in [0.1, 0.15) is 27.0 Å². The summed E-state index contributed by atoms with van der Waals surface area (Å²) in [4.78, 5) is 14.8. The Morgan fingerprint density at radius 3 is 2.41 bits per heavy atom. The SMILES string of the molecule is Cc1cc(C)c(C(=O)O[C@@H]2[C@@H](CN=[N+]=[N-])OC(O)C2(F)F)c(C)c1.P=S.[Ti]. The maximum absolute atomic E-state index is 14.0. The Labute approximate surface area is 177 Å². The molecule has 1 aliphatic heterocycles. The third-order valence-corrected chi connectivity index (χ3v) is 3.79. The van der Waals surface area contributed by atoms with Crippen LogP contribution in [0.15, 0.2) is 17.2 Å². The number of nitrogens with zero attached hydrogens (tertiary/aromatic N) is 3. The van der Waals surface area contributed by atoms with Gasteiger partial charge in [-0.05, 0) is 45.4 Å². The predicted molar refractivity (Wildman–Crippen MR) is 95.4 cm³/mol. The van der Waals surface area contributed by atoms with E-state index in [1.807, 2.05) is 6.92 Å². The number of aryl methyl sites for hydroxylation is 3. The average Bonchev–Trinajstić information content (AvgIpc) is 2.77. The molecule has 0 bridgehead atoms. The van der Waals surface area contributed by atoms with Crippen LogP contribution in [-0.2, 0) is 43.0 Å². The number of aliphatic hydroxyl groups is 1. The summed E-state index contributed by atoms with van der Waals surface area (Å²) in [5.74, 6) is -4.75. The van der Waals surface area contributed by atoms with Gasteiger partial charge >= 0.3 is 11.9 Å². The van der Waals surface area contributed by atoms with Gasteiger partial charge in [-0.1, -0.05) is 34.6 Å². The molecule has 0 aromatic heterocycles. The summed E-state index contributed by atoms with van der Waals surface area (Å²) in [5.41, 5.74) is 10.6. The second kappa shape index (κ2) is 11.1. The standard InChI is InChI=1S/C15H17F2N3O4.HPS.Ti/c1-7-4-8(2)11(9(3)5-7)13(21)24-12-10(6-19-20-18)23-14(22)15(12,16)17;1-2;/h4-5,10,12,14,22H,6H2,1-3H3;1H;/t10-,12-,14?;;/m1../s1. The predicted octanol–water partition coefficient (Wildman–Crippen LogP) is 3.39. The minimum Gasteiger partial charge on any atom is -0.449 e. The monoisotopic (exact) mass is 453 g/mol. The van der Waals surface area contributed by atoms with Crippen molar-refractivity contribution in [3.63, 3.8) is 0 Å². The maximum Gasteiger partial charge on any atom is 0.339 e. The van der Waals surface area contributed by atoms with Crippen molar-refractivity contribution in [2.45, 2.75) is 45.2 Å². The van der Waals surface area contributed by atoms with Gasteiger partial charge in [-0.15, -0.1) is 0 Å². The molecule has 27 heavy (non-hydrogen) atoms. The Balaban J connectivity index is 0.00000218. The summed E-state index contributed by atoms with van der Waals surface area (Å²) < 4.78 is 37.7. The molecule has 146 valence electrons. The van der Waals surface area contributed by atoms with Gasteiger partial charge in [0.05, 0.1) is 12.1 Å². The molecule has 0 amide bonds. The van der Waals surface area contributed by atoms with Gasteiger partial charge in [-0.3, -0.25) is 0 Å². The van der Waals surface area contributed by atoms with E-state index in [0.29, 0.717) is 11.1 Å². The molecular weight excluding hydrogens is 435 g/mol. The van der Waals surface area contributed by atoms with Crippen molar-refractivity contribution >= 4 is 25.8 Å². The molecule has 1 saturated heterocycles. The Kier molecular flexibility index (Phi) is 10.7. The first-order valence-electron chi connectivity index (χ1n) is 7.40. The molecular formula is C15H18F2N3O4PSTi. The summed E-state index contributed by atoms with van der Waals surface area (Å²) in [6.07, 6.45) is -5.92. The minimum atomic E-state index is -3.81. The molecule has 7 nitrogen and oxygen atoms in total. The summed E-state index contributed by atoms with van der Waals surface area (Å²) in [5, 5.41) is 12.5. The average molecular weight is 453 g/mol. The summed E-state index contributed by atoms with van der Waals surface area (Å²) in [7, 11) is 2.56. The minimum absolute atomic E-state index is 0. The van der Waals surface area contributed by atoms with Crippen LogP contribution in [-0.4, -0.2) is 42.0 Å². The molecule has 1 fully saturated rings. The second-order valence-electron chi connectivity index (χ2n) is 5.71. The van der Waals surface area contributed by atoms with Crippen LogP contribution in [0.5, 0.6) is 0 Å². The van der Waals surface area contributed by atoms with E-state index in [9.17, 15) is 18.7 Å². The molecule has 1 N–H and O–H groups in total. The smallest absolute Gasteiger partial charge is 0.339 e. The molecule has 1 unspecified atom stereocenters. The zero-order valence-electron chi connectivity index (χ0n) is 14.8. The van der Waals surface area contributed by atoms with E-state index in [1.165, 1.54) is 0 Å². The number of hydrogen-bond acceptors (Lipinski definition) is 6. The first-order chi connectivity index (χ1) is 12.2. The van der Waals surface area contributed by atoms with Crippen LogP contribution >= 0.6 is 8.02 Å². The van der Waals surface area contributed by atoms with E-state index in [1.54, 1.807) is 26.0 Å². The molecule has 1 aromatic rings. The first kappa shape index (κ1) is 26.0. The number of esters is 1. The van der Waals surface area contributed by atoms with Gasteiger partial charge < -0.3 is 14.6 Å². The number of aliphatic hydroxyl groups excluding tert-OH is 1. The number of benzene rings is 1. The zero-order valence-corrected chi connectivity index (χ0v) is 18.1. The molecule has 0 saturated carbocycles. The van der Waals surface area contributed by atoms with Crippen LogP contribution in [0.2, 0.25) is 0 Å². The van der Waals surface area contributed by atoms with Gasteiger partial charge in [0.1, 0.15) is 6.10 Å². The topological polar surface area (TPSA) is 105 Å². The largest absolute Gasteiger partial charge is 0.449 e. The number of hydrogen-bond donors (Lipinski definition) is 1. The van der Waals surface area contributed by atoms with Crippen molar-refractivity contribution in [2.24, 2.45) is 5.11 Å². The number of ether oxygens (including phenoxy) is 2. The Morgan fingerprint density at radius 1 is 1.41 bits per heavy atom. The fraction of sp³-hybridized carbons (Fsp3) is 0.533. The van der Waals surface area contributed by atoms with E-state index in [4.69, 9.17) is 10.3 Å². The summed E-state index contributed by atoms with van der Waals surface area (Å²) in [6.45, 7) is 4.70. The quantitative estimate of drug-likeness (QED) is 0.188. The molecule has 0 radical (unpaired) electrons. The van der Waals surface area contributed by atoms with Crippen molar-refractivity contribution in [2.75, 3.05) is 6.54 Å². The third kappa shape index (κ3) is 5.99. The van der Waals surface area contributed by atoms with E-state index in [2.05, 4.69) is 34.6 Å². The number of halogens is 2. The number of carbonyl (C=O) groups is 1. The van der Waals surface area contributed by atoms with Crippen LogP contribution in [0.4, 0.5) is 8.78 Å². The summed E-state index contributed by atoms with van der Waals surface area (Å²) >= 11 is 3.89. The number of carbonyl (C=O) groups excluding carboxylic acids is 1. The summed E-state index contributed by atoms with van der Waals surface area (Å²) in [6, 6.07) is 3.47. The molecule has 1 aromatic carbocycles. The van der Waals surface area contributed by atoms with E-state index >= 15 is 0 Å². The van der Waals surface area contributed by atoms with E-state index in [0.717, 1.165) is 5.56 Å². The van der Waals surface area contributed by atoms with Gasteiger partial charge in [0.2, 0.25) is 6.29 Å². The maximum atomic E-state index is 14.0. The Hall–Kier alpha value is -0.986. The van der Waals surface area contributed by atoms with E-state index in [-0.39, 0.29) is 27.3 Å². The van der Waals surface area contributed by atoms with Crippen molar-refractivity contribution in [3.8, 4) is 0 Å². The number of alkyl halides is 2. The van der Waals surface area contributed by atoms with Crippen LogP contribution in [0.25, 0.3) is 10.4 Å². The van der Waals surface area contributed by atoms with Gasteiger partial charge in [0.25, 0.3) is 0 Å². The number of azide groups is 1. The first-order valence-corrected chi connectivity index (χ1v) is 9.03. The Bertz CT molecular complexity index is 714. The molecule has 0 aliphatic carbocycles. The number of rotatable bonds is 4. The van der Waals surface area contributed by atoms with E-state index < -0.39 is 36.9 Å². The van der Waals surface area contributed by atoms with Crippen molar-refractivity contribution in [1.29, 1.82) is 0 Å². The van der Waals surface area contributed by atoms with Crippen molar-refractivity contribution in [1.82, 2.24) is 0 Å². The second-order valence-corrected chi connectivity index (χ2v) is 5.71. The van der Waals surface area contributed by atoms with Crippen LogP contribution < -0.4 is 0 Å². The third-order valence-electron chi connectivity index (χ3n) is 3.79. The van der Waals surface area contributed by atoms with Gasteiger partial charge in [-0.2, -0.15) is 8.78 Å². The van der Waals surface area contributed by atoms with Gasteiger partial charge in [0, 0.05) is 26.6 Å². The van der Waals surface area contributed by atoms with Crippen molar-refractivity contribution < 1.29 is 49.9 Å². The Morgan fingerprint density at radius 2 is 1.93 bits per heavy atom. The van der Waals surface area contributed by atoms with Gasteiger partial charge in [-0.25, -0.2) is 4.79 Å². The normalized spacial score (nSPS) is 22.5. The molecule has 1 aliphatic rings. The van der Waals surface area contributed by atoms with Crippen LogP contribution in [0, 0.1) is 20.8 Å². The fourth-order valence-corrected chi connectivity index (χ4v) is 2.80. The van der Waals surface area contributed by atoms with Gasteiger partial charge in [0.15, 0.2) is 6.10 Å². The molecule has 12 heteroatoms. The zero-order chi connectivity index (χ0) is 20.1. The molecule has 2 rings (SSSR count). The van der Waals surface area contributed by atoms with Crippen LogP contribution in [0.3, 0.4) is 0 Å². The molecule has 3 atom stereocenters. The molecule has 0 spiro atoms. The van der Waals surface area contributed by atoms with Crippen molar-refractivity contribution in [3.05, 3.63) is 44.8 Å².